The molecule has 0 fully saturated rings. The lowest BCUT2D eigenvalue weighted by Crippen LogP contribution is -2.16. The number of nitrogens with one attached hydrogen (secondary N) is 1. The Morgan fingerprint density at radius 1 is 0.931 bits per heavy atom. The SMILES string of the molecule is O=C(Nc1ccc(Cc2ccc(F)cc2C(F)(F)F)cc1)c1c(F)cncc1F. The van der Waals surface area contributed by atoms with Gasteiger partial charge in [-0.05, 0) is 41.8 Å². The number of carbonyl (C=O) groups excluding carboxylic acids is 1. The Bertz CT molecular complexity index is 1030. The fraction of sp³-hybridized carbons (Fsp3) is 0.100. The van der Waals surface area contributed by atoms with Gasteiger partial charge in [-0.25, -0.2) is 13.2 Å². The molecule has 3 aromatic rings. The summed E-state index contributed by atoms with van der Waals surface area (Å²) in [6.07, 6.45) is -3.44. The van der Waals surface area contributed by atoms with Gasteiger partial charge in [0.05, 0.1) is 18.0 Å². The molecule has 1 amide bonds. The fourth-order valence-corrected chi connectivity index (χ4v) is 2.71. The highest BCUT2D eigenvalue weighted by Crippen LogP contribution is 2.33. The van der Waals surface area contributed by atoms with E-state index in [2.05, 4.69) is 10.3 Å². The number of carbonyl (C=O) groups is 1. The minimum Gasteiger partial charge on any atom is -0.322 e. The molecule has 0 atom stereocenters. The van der Waals surface area contributed by atoms with E-state index in [1.165, 1.54) is 24.3 Å². The summed E-state index contributed by atoms with van der Waals surface area (Å²) < 4.78 is 79.6. The summed E-state index contributed by atoms with van der Waals surface area (Å²) in [4.78, 5) is 15.3. The largest absolute Gasteiger partial charge is 0.416 e. The molecule has 9 heteroatoms. The van der Waals surface area contributed by atoms with Gasteiger partial charge in [-0.1, -0.05) is 18.2 Å². The first kappa shape index (κ1) is 20.4. The van der Waals surface area contributed by atoms with Crippen molar-refractivity contribution in [3.05, 3.63) is 94.6 Å². The van der Waals surface area contributed by atoms with Crippen molar-refractivity contribution in [1.82, 2.24) is 4.98 Å². The predicted molar refractivity (Wildman–Crippen MR) is 92.8 cm³/mol. The summed E-state index contributed by atoms with van der Waals surface area (Å²) in [7, 11) is 0. The van der Waals surface area contributed by atoms with Crippen molar-refractivity contribution in [2.45, 2.75) is 12.6 Å². The molecule has 1 aromatic heterocycles. The second kappa shape index (κ2) is 7.94. The maximum atomic E-state index is 13.6. The number of anilines is 1. The molecule has 0 aliphatic rings. The molecular weight excluding hydrogens is 398 g/mol. The molecule has 0 unspecified atom stereocenters. The van der Waals surface area contributed by atoms with Crippen molar-refractivity contribution in [3.8, 4) is 0 Å². The Morgan fingerprint density at radius 2 is 1.55 bits per heavy atom. The molecule has 0 radical (unpaired) electrons. The molecule has 0 saturated heterocycles. The highest BCUT2D eigenvalue weighted by Gasteiger charge is 2.33. The average molecular weight is 410 g/mol. The van der Waals surface area contributed by atoms with E-state index < -0.39 is 40.7 Å². The van der Waals surface area contributed by atoms with Crippen molar-refractivity contribution < 1.29 is 31.1 Å². The van der Waals surface area contributed by atoms with Crippen LogP contribution in [0.2, 0.25) is 0 Å². The van der Waals surface area contributed by atoms with Crippen molar-refractivity contribution in [3.63, 3.8) is 0 Å². The van der Waals surface area contributed by atoms with Gasteiger partial charge in [0.25, 0.3) is 5.91 Å². The molecular formula is C20H12F6N2O. The minimum absolute atomic E-state index is 0.114. The van der Waals surface area contributed by atoms with Crippen LogP contribution in [-0.2, 0) is 12.6 Å². The number of hydrogen-bond donors (Lipinski definition) is 1. The lowest BCUT2D eigenvalue weighted by atomic mass is 9.99. The summed E-state index contributed by atoms with van der Waals surface area (Å²) in [5, 5.41) is 2.30. The number of nitrogens with zero attached hydrogens (tertiary/aromatic N) is 1. The maximum absolute atomic E-state index is 13.6. The van der Waals surface area contributed by atoms with E-state index >= 15 is 0 Å². The number of rotatable bonds is 4. The highest BCUT2D eigenvalue weighted by molar-refractivity contribution is 6.04. The van der Waals surface area contributed by atoms with Crippen LogP contribution < -0.4 is 5.32 Å². The number of benzene rings is 2. The van der Waals surface area contributed by atoms with Crippen LogP contribution in [0.4, 0.5) is 32.0 Å². The number of amides is 1. The zero-order chi connectivity index (χ0) is 21.2. The second-order valence-electron chi connectivity index (χ2n) is 6.11. The van der Waals surface area contributed by atoms with Gasteiger partial charge in [0.2, 0.25) is 0 Å². The summed E-state index contributed by atoms with van der Waals surface area (Å²) in [5.74, 6) is -4.28. The molecule has 0 spiro atoms. The Morgan fingerprint density at radius 3 is 2.14 bits per heavy atom. The third kappa shape index (κ3) is 4.74. The third-order valence-electron chi connectivity index (χ3n) is 4.06. The Hall–Kier alpha value is -3.36. The lowest BCUT2D eigenvalue weighted by Gasteiger charge is -2.13. The van der Waals surface area contributed by atoms with Crippen LogP contribution in [0.15, 0.2) is 54.9 Å². The molecule has 150 valence electrons. The van der Waals surface area contributed by atoms with Crippen molar-refractivity contribution in [2.75, 3.05) is 5.32 Å². The molecule has 1 N–H and O–H groups in total. The summed E-state index contributed by atoms with van der Waals surface area (Å²) in [6.45, 7) is 0. The van der Waals surface area contributed by atoms with E-state index in [-0.39, 0.29) is 17.7 Å². The van der Waals surface area contributed by atoms with Crippen LogP contribution in [0, 0.1) is 17.5 Å². The summed E-state index contributed by atoms with van der Waals surface area (Å²) in [5.41, 5.74) is -1.34. The monoisotopic (exact) mass is 410 g/mol. The molecule has 1 heterocycles. The van der Waals surface area contributed by atoms with Gasteiger partial charge in [0, 0.05) is 5.69 Å². The first-order valence-corrected chi connectivity index (χ1v) is 8.20. The van der Waals surface area contributed by atoms with Gasteiger partial charge in [-0.15, -0.1) is 0 Å². The minimum atomic E-state index is -4.70. The summed E-state index contributed by atoms with van der Waals surface area (Å²) in [6, 6.07) is 8.07. The molecule has 29 heavy (non-hydrogen) atoms. The van der Waals surface area contributed by atoms with Gasteiger partial charge in [0.15, 0.2) is 11.6 Å². The number of pyridine rings is 1. The molecule has 3 nitrogen and oxygen atoms in total. The first-order valence-electron chi connectivity index (χ1n) is 8.20. The number of alkyl halides is 3. The molecule has 2 aromatic carbocycles. The topological polar surface area (TPSA) is 42.0 Å². The average Bonchev–Trinajstić information content (AvgIpc) is 2.64. The number of hydrogen-bond acceptors (Lipinski definition) is 2. The van der Waals surface area contributed by atoms with E-state index in [0.29, 0.717) is 24.0 Å². The standard InChI is InChI=1S/C20H12F6N2O/c21-13-4-3-12(15(8-13)20(24,25)26)7-11-1-5-14(6-2-11)28-19(29)18-16(22)9-27-10-17(18)23/h1-6,8-10H,7H2,(H,28,29). The van der Waals surface area contributed by atoms with Crippen LogP contribution in [0.5, 0.6) is 0 Å². The number of halogens is 6. The summed E-state index contributed by atoms with van der Waals surface area (Å²) >= 11 is 0. The molecule has 0 bridgehead atoms. The van der Waals surface area contributed by atoms with Crippen molar-refractivity contribution >= 4 is 11.6 Å². The van der Waals surface area contributed by atoms with Crippen LogP contribution in [0.1, 0.15) is 27.0 Å². The molecule has 3 rings (SSSR count). The van der Waals surface area contributed by atoms with E-state index in [9.17, 15) is 31.1 Å². The maximum Gasteiger partial charge on any atom is 0.416 e. The molecule has 0 aliphatic heterocycles. The normalized spacial score (nSPS) is 11.4. The van der Waals surface area contributed by atoms with E-state index in [1.54, 1.807) is 0 Å². The zero-order valence-electron chi connectivity index (χ0n) is 14.5. The van der Waals surface area contributed by atoms with E-state index in [0.717, 1.165) is 12.1 Å². The smallest absolute Gasteiger partial charge is 0.322 e. The lowest BCUT2D eigenvalue weighted by molar-refractivity contribution is -0.138. The van der Waals surface area contributed by atoms with Gasteiger partial charge < -0.3 is 5.32 Å². The van der Waals surface area contributed by atoms with Crippen molar-refractivity contribution in [1.29, 1.82) is 0 Å². The second-order valence-corrected chi connectivity index (χ2v) is 6.11. The number of aromatic nitrogens is 1. The van der Waals surface area contributed by atoms with E-state index in [4.69, 9.17) is 0 Å². The van der Waals surface area contributed by atoms with E-state index in [1.807, 2.05) is 0 Å². The van der Waals surface area contributed by atoms with Crippen LogP contribution in [0.25, 0.3) is 0 Å². The third-order valence-corrected chi connectivity index (χ3v) is 4.06. The molecule has 0 aliphatic carbocycles. The Kier molecular flexibility index (Phi) is 5.58. The van der Waals surface area contributed by atoms with Crippen LogP contribution in [0.3, 0.4) is 0 Å². The Balaban J connectivity index is 1.77. The van der Waals surface area contributed by atoms with Crippen LogP contribution in [-0.4, -0.2) is 10.9 Å². The first-order chi connectivity index (χ1) is 13.6. The van der Waals surface area contributed by atoms with Gasteiger partial charge >= 0.3 is 6.18 Å². The van der Waals surface area contributed by atoms with Crippen LogP contribution >= 0.6 is 0 Å². The quantitative estimate of drug-likeness (QED) is 0.589. The molecule has 0 saturated carbocycles. The van der Waals surface area contributed by atoms with Gasteiger partial charge in [-0.2, -0.15) is 13.2 Å². The van der Waals surface area contributed by atoms with Crippen molar-refractivity contribution in [2.24, 2.45) is 0 Å². The highest BCUT2D eigenvalue weighted by atomic mass is 19.4. The van der Waals surface area contributed by atoms with Gasteiger partial charge in [0.1, 0.15) is 11.4 Å². The van der Waals surface area contributed by atoms with Gasteiger partial charge in [-0.3, -0.25) is 9.78 Å². The fourth-order valence-electron chi connectivity index (χ4n) is 2.71. The zero-order valence-corrected chi connectivity index (χ0v) is 14.5. The Labute approximate surface area is 161 Å². The predicted octanol–water partition coefficient (Wildman–Crippen LogP) is 5.36.